The Hall–Kier alpha value is -3.00. The second kappa shape index (κ2) is 9.80. The lowest BCUT2D eigenvalue weighted by atomic mass is 9.83. The lowest BCUT2D eigenvalue weighted by Gasteiger charge is -2.25. The largest absolute Gasteiger partial charge is 0.493 e. The Balaban J connectivity index is 1.41. The van der Waals surface area contributed by atoms with Crippen LogP contribution in [0.3, 0.4) is 0 Å². The summed E-state index contributed by atoms with van der Waals surface area (Å²) in [5.74, 6) is 1.58. The van der Waals surface area contributed by atoms with Gasteiger partial charge in [-0.25, -0.2) is 0 Å². The number of aryl methyl sites for hydroxylation is 1. The highest BCUT2D eigenvalue weighted by molar-refractivity contribution is 5.75. The molecule has 2 aromatic carbocycles. The second-order valence-corrected chi connectivity index (χ2v) is 7.02. The monoisotopic (exact) mass is 378 g/mol. The molecule has 2 aromatic rings. The number of methoxy groups -OCH3 is 1. The number of carbonyl (C=O) groups is 1. The molecular formula is C23H26N2O3. The van der Waals surface area contributed by atoms with Crippen LogP contribution in [0.1, 0.15) is 48.3 Å². The Morgan fingerprint density at radius 3 is 2.93 bits per heavy atom. The highest BCUT2D eigenvalue weighted by Gasteiger charge is 2.20. The van der Waals surface area contributed by atoms with Gasteiger partial charge in [0, 0.05) is 24.9 Å². The predicted molar refractivity (Wildman–Crippen MR) is 108 cm³/mol. The first-order chi connectivity index (χ1) is 13.7. The number of carbonyl (C=O) groups excluding carboxylic acids is 1. The molecule has 1 amide bonds. The molecule has 0 radical (unpaired) electrons. The maximum Gasteiger partial charge on any atom is 0.220 e. The molecule has 1 unspecified atom stereocenters. The first kappa shape index (κ1) is 19.8. The summed E-state index contributed by atoms with van der Waals surface area (Å²) >= 11 is 0. The number of ether oxygens (including phenoxy) is 2. The van der Waals surface area contributed by atoms with E-state index in [4.69, 9.17) is 14.7 Å². The Bertz CT molecular complexity index is 857. The van der Waals surface area contributed by atoms with Crippen LogP contribution < -0.4 is 14.8 Å². The molecule has 0 heterocycles. The maximum absolute atomic E-state index is 12.2. The van der Waals surface area contributed by atoms with Crippen molar-refractivity contribution in [1.82, 2.24) is 5.32 Å². The van der Waals surface area contributed by atoms with Crippen molar-refractivity contribution in [3.63, 3.8) is 0 Å². The van der Waals surface area contributed by atoms with E-state index in [2.05, 4.69) is 35.7 Å². The molecule has 5 heteroatoms. The average Bonchev–Trinajstić information content (AvgIpc) is 2.75. The van der Waals surface area contributed by atoms with Crippen molar-refractivity contribution in [3.8, 4) is 17.6 Å². The van der Waals surface area contributed by atoms with Gasteiger partial charge in [0.05, 0.1) is 25.3 Å². The number of hydrogen-bond donors (Lipinski definition) is 1. The molecule has 0 saturated carbocycles. The zero-order chi connectivity index (χ0) is 19.8. The van der Waals surface area contributed by atoms with Crippen LogP contribution in [-0.2, 0) is 11.2 Å². The lowest BCUT2D eigenvalue weighted by molar-refractivity contribution is -0.121. The minimum atomic E-state index is 0.0541. The molecule has 3 rings (SSSR count). The van der Waals surface area contributed by atoms with Crippen molar-refractivity contribution in [2.45, 2.75) is 38.0 Å². The third-order valence-electron chi connectivity index (χ3n) is 5.14. The predicted octanol–water partition coefficient (Wildman–Crippen LogP) is 3.96. The SMILES string of the molecule is COc1cc(C#N)ccc1OCCCC(=O)NCC1CCCc2ccccc21. The highest BCUT2D eigenvalue weighted by Crippen LogP contribution is 2.31. The van der Waals surface area contributed by atoms with E-state index in [0.717, 1.165) is 12.8 Å². The fourth-order valence-corrected chi connectivity index (χ4v) is 3.66. The van der Waals surface area contributed by atoms with Crippen molar-refractivity contribution < 1.29 is 14.3 Å². The Labute approximate surface area is 166 Å². The van der Waals surface area contributed by atoms with Crippen molar-refractivity contribution in [2.75, 3.05) is 20.3 Å². The fourth-order valence-electron chi connectivity index (χ4n) is 3.66. The van der Waals surface area contributed by atoms with Crippen LogP contribution in [0, 0.1) is 11.3 Å². The number of nitriles is 1. The fraction of sp³-hybridized carbons (Fsp3) is 0.391. The standard InChI is InChI=1S/C23H26N2O3/c1-27-22-14-17(15-24)11-12-21(22)28-13-5-10-23(26)25-16-19-8-4-7-18-6-2-3-9-20(18)19/h2-3,6,9,11-12,14,19H,4-5,7-8,10,13,16H2,1H3,(H,25,26). The summed E-state index contributed by atoms with van der Waals surface area (Å²) < 4.78 is 10.9. The number of nitrogens with zero attached hydrogens (tertiary/aromatic N) is 1. The van der Waals surface area contributed by atoms with Gasteiger partial charge in [-0.3, -0.25) is 4.79 Å². The van der Waals surface area contributed by atoms with Crippen LogP contribution in [-0.4, -0.2) is 26.2 Å². The van der Waals surface area contributed by atoms with Crippen LogP contribution in [0.5, 0.6) is 11.5 Å². The quantitative estimate of drug-likeness (QED) is 0.706. The number of hydrogen-bond acceptors (Lipinski definition) is 4. The van der Waals surface area contributed by atoms with Gasteiger partial charge in [-0.15, -0.1) is 0 Å². The molecule has 0 bridgehead atoms. The first-order valence-corrected chi connectivity index (χ1v) is 9.76. The molecule has 0 spiro atoms. The van der Waals surface area contributed by atoms with Crippen molar-refractivity contribution >= 4 is 5.91 Å². The van der Waals surface area contributed by atoms with Gasteiger partial charge in [0.2, 0.25) is 5.91 Å². The summed E-state index contributed by atoms with van der Waals surface area (Å²) in [4.78, 5) is 12.2. The van der Waals surface area contributed by atoms with Gasteiger partial charge in [0.25, 0.3) is 0 Å². The van der Waals surface area contributed by atoms with Gasteiger partial charge in [-0.05, 0) is 48.9 Å². The van der Waals surface area contributed by atoms with Gasteiger partial charge in [0.1, 0.15) is 0 Å². The molecule has 28 heavy (non-hydrogen) atoms. The molecular weight excluding hydrogens is 352 g/mol. The third-order valence-corrected chi connectivity index (χ3v) is 5.14. The topological polar surface area (TPSA) is 71.3 Å². The van der Waals surface area contributed by atoms with Crippen LogP contribution in [0.2, 0.25) is 0 Å². The molecule has 1 atom stereocenters. The van der Waals surface area contributed by atoms with Gasteiger partial charge in [-0.2, -0.15) is 5.26 Å². The summed E-state index contributed by atoms with van der Waals surface area (Å²) in [6, 6.07) is 15.7. The van der Waals surface area contributed by atoms with Gasteiger partial charge in [0.15, 0.2) is 11.5 Å². The van der Waals surface area contributed by atoms with Gasteiger partial charge < -0.3 is 14.8 Å². The minimum absolute atomic E-state index is 0.0541. The number of benzene rings is 2. The van der Waals surface area contributed by atoms with Crippen molar-refractivity contribution in [3.05, 3.63) is 59.2 Å². The van der Waals surface area contributed by atoms with Crippen molar-refractivity contribution in [1.29, 1.82) is 5.26 Å². The van der Waals surface area contributed by atoms with Crippen LogP contribution in [0.4, 0.5) is 0 Å². The maximum atomic E-state index is 12.2. The third kappa shape index (κ3) is 5.04. The van der Waals surface area contributed by atoms with Crippen LogP contribution >= 0.6 is 0 Å². The lowest BCUT2D eigenvalue weighted by Crippen LogP contribution is -2.30. The van der Waals surface area contributed by atoms with Crippen molar-refractivity contribution in [2.24, 2.45) is 0 Å². The molecule has 146 valence electrons. The zero-order valence-electron chi connectivity index (χ0n) is 16.2. The average molecular weight is 378 g/mol. The van der Waals surface area contributed by atoms with E-state index in [9.17, 15) is 4.79 Å². The van der Waals surface area contributed by atoms with E-state index < -0.39 is 0 Å². The van der Waals surface area contributed by atoms with Gasteiger partial charge >= 0.3 is 0 Å². The van der Waals surface area contributed by atoms with E-state index in [1.165, 1.54) is 17.5 Å². The highest BCUT2D eigenvalue weighted by atomic mass is 16.5. The summed E-state index contributed by atoms with van der Waals surface area (Å²) in [5, 5.41) is 12.0. The van der Waals surface area contributed by atoms with Crippen LogP contribution in [0.15, 0.2) is 42.5 Å². The molecule has 1 N–H and O–H groups in total. The smallest absolute Gasteiger partial charge is 0.220 e. The molecule has 0 aliphatic heterocycles. The molecule has 0 aromatic heterocycles. The summed E-state index contributed by atoms with van der Waals surface area (Å²) in [6.45, 7) is 1.11. The second-order valence-electron chi connectivity index (χ2n) is 7.02. The zero-order valence-corrected chi connectivity index (χ0v) is 16.2. The van der Waals surface area contributed by atoms with E-state index in [1.54, 1.807) is 25.3 Å². The Morgan fingerprint density at radius 1 is 1.25 bits per heavy atom. The molecule has 1 aliphatic rings. The number of amides is 1. The molecule has 0 fully saturated rings. The van der Waals surface area contributed by atoms with Gasteiger partial charge in [-0.1, -0.05) is 24.3 Å². The molecule has 0 saturated heterocycles. The van der Waals surface area contributed by atoms with E-state index in [1.807, 2.05) is 0 Å². The van der Waals surface area contributed by atoms with Crippen LogP contribution in [0.25, 0.3) is 0 Å². The Kier molecular flexibility index (Phi) is 6.91. The van der Waals surface area contributed by atoms with E-state index in [-0.39, 0.29) is 5.91 Å². The minimum Gasteiger partial charge on any atom is -0.493 e. The normalized spacial score (nSPS) is 15.2. The number of rotatable bonds is 8. The number of fused-ring (bicyclic) bond motifs is 1. The number of nitrogens with one attached hydrogen (secondary N) is 1. The van der Waals surface area contributed by atoms with E-state index in [0.29, 0.717) is 49.0 Å². The summed E-state index contributed by atoms with van der Waals surface area (Å²) in [5.41, 5.74) is 3.32. The van der Waals surface area contributed by atoms with E-state index >= 15 is 0 Å². The first-order valence-electron chi connectivity index (χ1n) is 9.76. The molecule has 5 nitrogen and oxygen atoms in total. The Morgan fingerprint density at radius 2 is 2.11 bits per heavy atom. The molecule has 1 aliphatic carbocycles. The summed E-state index contributed by atoms with van der Waals surface area (Å²) in [6.07, 6.45) is 4.48. The summed E-state index contributed by atoms with van der Waals surface area (Å²) in [7, 11) is 1.54.